The lowest BCUT2D eigenvalue weighted by atomic mass is 10.1. The van der Waals surface area contributed by atoms with Gasteiger partial charge in [0.15, 0.2) is 5.70 Å². The Morgan fingerprint density at radius 2 is 1.40 bits per heavy atom. The Hall–Kier alpha value is -3.96. The molecule has 3 rings (SSSR count). The predicted molar refractivity (Wildman–Crippen MR) is 92.9 cm³/mol. The summed E-state index contributed by atoms with van der Waals surface area (Å²) < 4.78 is 5.11. The van der Waals surface area contributed by atoms with Crippen molar-refractivity contribution < 1.29 is 9.53 Å². The van der Waals surface area contributed by atoms with Crippen LogP contribution >= 0.6 is 0 Å². The smallest absolute Gasteiger partial charge is 0.363 e. The van der Waals surface area contributed by atoms with Gasteiger partial charge in [-0.2, -0.15) is 10.5 Å². The Labute approximate surface area is 144 Å². The molecule has 0 radical (unpaired) electrons. The molecular weight excluding hydrogens is 314 g/mol. The highest BCUT2D eigenvalue weighted by Crippen LogP contribution is 2.17. The van der Waals surface area contributed by atoms with E-state index in [1.165, 1.54) is 0 Å². The van der Waals surface area contributed by atoms with E-state index in [-0.39, 0.29) is 11.6 Å². The first-order valence-electron chi connectivity index (χ1n) is 7.39. The number of carbonyl (C=O) groups excluding carboxylic acids is 1. The van der Waals surface area contributed by atoms with Crippen LogP contribution in [0.25, 0.3) is 12.2 Å². The molecule has 0 spiro atoms. The highest BCUT2D eigenvalue weighted by atomic mass is 16.6. The highest BCUT2D eigenvalue weighted by molar-refractivity contribution is 6.11. The van der Waals surface area contributed by atoms with Gasteiger partial charge < -0.3 is 4.74 Å². The molecule has 2 aromatic carbocycles. The fourth-order valence-corrected chi connectivity index (χ4v) is 2.14. The molecule has 2 aromatic rings. The summed E-state index contributed by atoms with van der Waals surface area (Å²) in [7, 11) is 0. The first-order chi connectivity index (χ1) is 12.2. The maximum absolute atomic E-state index is 11.9. The van der Waals surface area contributed by atoms with E-state index in [0.29, 0.717) is 11.1 Å². The van der Waals surface area contributed by atoms with Crippen LogP contribution in [0.3, 0.4) is 0 Å². The molecule has 0 amide bonds. The first kappa shape index (κ1) is 15.9. The summed E-state index contributed by atoms with van der Waals surface area (Å²) in [5.41, 5.74) is 2.94. The molecule has 1 aliphatic heterocycles. The second-order valence-corrected chi connectivity index (χ2v) is 5.17. The lowest BCUT2D eigenvalue weighted by Crippen LogP contribution is -2.01. The molecular formula is C20H11N3O2. The second-order valence-electron chi connectivity index (χ2n) is 5.17. The zero-order chi connectivity index (χ0) is 17.6. The summed E-state index contributed by atoms with van der Waals surface area (Å²) in [6, 6.07) is 17.9. The van der Waals surface area contributed by atoms with Crippen LogP contribution in [0.4, 0.5) is 0 Å². The van der Waals surface area contributed by atoms with Gasteiger partial charge in [-0.15, -0.1) is 0 Å². The molecule has 118 valence electrons. The Kier molecular flexibility index (Phi) is 4.51. The summed E-state index contributed by atoms with van der Waals surface area (Å²) in [5.74, 6) is -0.321. The fourth-order valence-electron chi connectivity index (χ4n) is 2.14. The van der Waals surface area contributed by atoms with E-state index in [2.05, 4.69) is 11.1 Å². The average molecular weight is 325 g/mol. The zero-order valence-corrected chi connectivity index (χ0v) is 13.0. The number of esters is 1. The maximum Gasteiger partial charge on any atom is 0.363 e. The molecule has 0 atom stereocenters. The number of nitrogens with zero attached hydrogens (tertiary/aromatic N) is 3. The molecule has 0 aromatic heterocycles. The summed E-state index contributed by atoms with van der Waals surface area (Å²) in [6.45, 7) is 0. The topological polar surface area (TPSA) is 86.2 Å². The predicted octanol–water partition coefficient (Wildman–Crippen LogP) is 3.44. The van der Waals surface area contributed by atoms with Crippen LogP contribution in [0.1, 0.15) is 22.3 Å². The van der Waals surface area contributed by atoms with Gasteiger partial charge in [0.05, 0.1) is 23.3 Å². The molecule has 5 heteroatoms. The van der Waals surface area contributed by atoms with Gasteiger partial charge in [-0.25, -0.2) is 9.79 Å². The molecule has 25 heavy (non-hydrogen) atoms. The van der Waals surface area contributed by atoms with E-state index in [9.17, 15) is 4.79 Å². The number of benzene rings is 2. The van der Waals surface area contributed by atoms with Crippen LogP contribution in [0, 0.1) is 22.7 Å². The Balaban J connectivity index is 1.77. The molecule has 1 heterocycles. The highest BCUT2D eigenvalue weighted by Gasteiger charge is 2.20. The van der Waals surface area contributed by atoms with Crippen molar-refractivity contribution in [2.24, 2.45) is 4.99 Å². The van der Waals surface area contributed by atoms with E-state index < -0.39 is 5.97 Å². The number of aliphatic imine (C=N–C) groups is 1. The van der Waals surface area contributed by atoms with Gasteiger partial charge in [-0.05, 0) is 47.5 Å². The minimum Gasteiger partial charge on any atom is -0.403 e. The number of ether oxygens (including phenoxy) is 1. The Bertz CT molecular complexity index is 983. The van der Waals surface area contributed by atoms with Crippen molar-refractivity contribution >= 4 is 24.0 Å². The van der Waals surface area contributed by atoms with Gasteiger partial charge in [0.2, 0.25) is 5.90 Å². The van der Waals surface area contributed by atoms with Gasteiger partial charge in [0.1, 0.15) is 0 Å². The summed E-state index contributed by atoms with van der Waals surface area (Å²) in [5, 5.41) is 17.6. The van der Waals surface area contributed by atoms with Gasteiger partial charge >= 0.3 is 5.97 Å². The minimum atomic E-state index is -0.524. The molecule has 0 fully saturated rings. The average Bonchev–Trinajstić information content (AvgIpc) is 3.00. The number of carbonyl (C=O) groups is 1. The third-order valence-corrected chi connectivity index (χ3v) is 3.44. The standard InChI is InChI=1S/C20H11N3O2/c21-12-16-5-1-14(2-6-16)9-10-19-23-18(20(24)25-19)11-15-3-7-17(13-22)8-4-15/h1-11H. The van der Waals surface area contributed by atoms with Crippen LogP contribution in [0.5, 0.6) is 0 Å². The van der Waals surface area contributed by atoms with Gasteiger partial charge in [-0.1, -0.05) is 24.3 Å². The Morgan fingerprint density at radius 3 is 1.96 bits per heavy atom. The third kappa shape index (κ3) is 3.87. The monoisotopic (exact) mass is 325 g/mol. The molecule has 0 unspecified atom stereocenters. The lowest BCUT2D eigenvalue weighted by molar-refractivity contribution is -0.129. The molecule has 0 saturated carbocycles. The lowest BCUT2D eigenvalue weighted by Gasteiger charge is -1.94. The SMILES string of the molecule is N#Cc1ccc(C=CC2=NC(=Cc3ccc(C#N)cc3)C(=O)O2)cc1. The van der Waals surface area contributed by atoms with Crippen molar-refractivity contribution in [3.05, 3.63) is 82.6 Å². The van der Waals surface area contributed by atoms with E-state index in [1.807, 2.05) is 6.07 Å². The molecule has 1 aliphatic rings. The largest absolute Gasteiger partial charge is 0.403 e. The fraction of sp³-hybridized carbons (Fsp3) is 0. The van der Waals surface area contributed by atoms with Crippen molar-refractivity contribution in [3.63, 3.8) is 0 Å². The van der Waals surface area contributed by atoms with Crippen LogP contribution in [-0.4, -0.2) is 11.9 Å². The number of rotatable bonds is 3. The van der Waals surface area contributed by atoms with E-state index >= 15 is 0 Å². The molecule has 0 saturated heterocycles. The normalized spacial score (nSPS) is 14.9. The molecule has 0 aliphatic carbocycles. The number of hydrogen-bond acceptors (Lipinski definition) is 5. The van der Waals surface area contributed by atoms with Crippen molar-refractivity contribution in [2.75, 3.05) is 0 Å². The van der Waals surface area contributed by atoms with Crippen LogP contribution in [0.2, 0.25) is 0 Å². The Morgan fingerprint density at radius 1 is 0.840 bits per heavy atom. The number of nitriles is 2. The van der Waals surface area contributed by atoms with Crippen LogP contribution in [-0.2, 0) is 9.53 Å². The maximum atomic E-state index is 11.9. The van der Waals surface area contributed by atoms with Crippen molar-refractivity contribution in [1.82, 2.24) is 0 Å². The van der Waals surface area contributed by atoms with Gasteiger partial charge in [0.25, 0.3) is 0 Å². The summed E-state index contributed by atoms with van der Waals surface area (Å²) in [6.07, 6.45) is 4.95. The number of hydrogen-bond donors (Lipinski definition) is 0. The van der Waals surface area contributed by atoms with E-state index in [0.717, 1.165) is 11.1 Å². The minimum absolute atomic E-state index is 0.198. The van der Waals surface area contributed by atoms with Crippen molar-refractivity contribution in [1.29, 1.82) is 10.5 Å². The number of cyclic esters (lactones) is 1. The van der Waals surface area contributed by atoms with Gasteiger partial charge in [0, 0.05) is 6.08 Å². The summed E-state index contributed by atoms with van der Waals surface area (Å²) >= 11 is 0. The second kappa shape index (κ2) is 7.08. The molecule has 5 nitrogen and oxygen atoms in total. The molecule has 0 bridgehead atoms. The van der Waals surface area contributed by atoms with Crippen molar-refractivity contribution in [2.45, 2.75) is 0 Å². The summed E-state index contributed by atoms with van der Waals surface area (Å²) in [4.78, 5) is 16.0. The van der Waals surface area contributed by atoms with E-state index in [4.69, 9.17) is 15.3 Å². The zero-order valence-electron chi connectivity index (χ0n) is 13.0. The first-order valence-corrected chi connectivity index (χ1v) is 7.39. The van der Waals surface area contributed by atoms with Crippen LogP contribution < -0.4 is 0 Å². The van der Waals surface area contributed by atoms with Crippen LogP contribution in [0.15, 0.2) is 65.3 Å². The van der Waals surface area contributed by atoms with E-state index in [1.54, 1.807) is 66.8 Å². The van der Waals surface area contributed by atoms with Crippen molar-refractivity contribution in [3.8, 4) is 12.1 Å². The quantitative estimate of drug-likeness (QED) is 0.639. The molecule has 0 N–H and O–H groups in total. The van der Waals surface area contributed by atoms with Gasteiger partial charge in [-0.3, -0.25) is 0 Å². The third-order valence-electron chi connectivity index (χ3n) is 3.44.